The van der Waals surface area contributed by atoms with Crippen LogP contribution in [-0.4, -0.2) is 15.5 Å². The lowest BCUT2D eigenvalue weighted by atomic mass is 10.2. The Bertz CT molecular complexity index is 707. The zero-order chi connectivity index (χ0) is 14.7. The summed E-state index contributed by atoms with van der Waals surface area (Å²) in [5, 5.41) is 2.68. The van der Waals surface area contributed by atoms with E-state index in [-0.39, 0.29) is 12.5 Å². The molecule has 0 aliphatic rings. The Morgan fingerprint density at radius 3 is 2.80 bits per heavy atom. The Labute approximate surface area is 116 Å². The van der Waals surface area contributed by atoms with Gasteiger partial charge in [-0.05, 0) is 37.1 Å². The summed E-state index contributed by atoms with van der Waals surface area (Å²) >= 11 is 0. The number of nitrogen functional groups attached to an aromatic ring is 1. The van der Waals surface area contributed by atoms with Crippen molar-refractivity contribution in [1.82, 2.24) is 9.55 Å². The number of aromatic nitrogens is 2. The number of hydrogen-bond acceptors (Lipinski definition) is 4. The number of aryl methyl sites for hydroxylation is 2. The average Bonchev–Trinajstić information content (AvgIpc) is 2.37. The quantitative estimate of drug-likeness (QED) is 0.818. The molecule has 2 rings (SSSR count). The Morgan fingerprint density at radius 1 is 1.35 bits per heavy atom. The SMILES string of the molecule is Cc1ccc(NC(=O)Cn2cc(C)cnc2=O)c(N)c1. The van der Waals surface area contributed by atoms with Crippen molar-refractivity contribution in [3.05, 3.63) is 52.2 Å². The molecule has 0 unspecified atom stereocenters. The van der Waals surface area contributed by atoms with Gasteiger partial charge in [-0.25, -0.2) is 9.78 Å². The zero-order valence-corrected chi connectivity index (χ0v) is 11.4. The number of nitrogens with one attached hydrogen (secondary N) is 1. The van der Waals surface area contributed by atoms with Crippen molar-refractivity contribution in [2.24, 2.45) is 0 Å². The van der Waals surface area contributed by atoms with E-state index < -0.39 is 5.69 Å². The van der Waals surface area contributed by atoms with E-state index in [2.05, 4.69) is 10.3 Å². The third-order valence-corrected chi connectivity index (χ3v) is 2.78. The van der Waals surface area contributed by atoms with Crippen molar-refractivity contribution in [2.45, 2.75) is 20.4 Å². The summed E-state index contributed by atoms with van der Waals surface area (Å²) in [6, 6.07) is 5.36. The van der Waals surface area contributed by atoms with Crippen LogP contribution in [0.25, 0.3) is 0 Å². The van der Waals surface area contributed by atoms with Crippen LogP contribution in [0.4, 0.5) is 11.4 Å². The molecule has 0 aliphatic heterocycles. The van der Waals surface area contributed by atoms with Gasteiger partial charge in [0.25, 0.3) is 0 Å². The number of benzene rings is 1. The first-order valence-corrected chi connectivity index (χ1v) is 6.15. The average molecular weight is 272 g/mol. The lowest BCUT2D eigenvalue weighted by molar-refractivity contribution is -0.116. The molecule has 6 heteroatoms. The van der Waals surface area contributed by atoms with Crippen molar-refractivity contribution in [1.29, 1.82) is 0 Å². The van der Waals surface area contributed by atoms with Crippen LogP contribution in [0.5, 0.6) is 0 Å². The van der Waals surface area contributed by atoms with Crippen LogP contribution < -0.4 is 16.7 Å². The maximum Gasteiger partial charge on any atom is 0.347 e. The molecule has 0 bridgehead atoms. The third kappa shape index (κ3) is 3.23. The Hall–Kier alpha value is -2.63. The van der Waals surface area contributed by atoms with Gasteiger partial charge in [0.1, 0.15) is 6.54 Å². The van der Waals surface area contributed by atoms with Crippen LogP contribution >= 0.6 is 0 Å². The summed E-state index contributed by atoms with van der Waals surface area (Å²) in [4.78, 5) is 27.1. The van der Waals surface area contributed by atoms with Gasteiger partial charge in [-0.15, -0.1) is 0 Å². The summed E-state index contributed by atoms with van der Waals surface area (Å²) in [7, 11) is 0. The highest BCUT2D eigenvalue weighted by atomic mass is 16.2. The van der Waals surface area contributed by atoms with E-state index in [0.717, 1.165) is 11.1 Å². The predicted octanol–water partition coefficient (Wildman–Crippen LogP) is 1.08. The van der Waals surface area contributed by atoms with Crippen LogP contribution in [0, 0.1) is 13.8 Å². The highest BCUT2D eigenvalue weighted by molar-refractivity contribution is 5.93. The lowest BCUT2D eigenvalue weighted by Crippen LogP contribution is -2.29. The molecule has 20 heavy (non-hydrogen) atoms. The molecular weight excluding hydrogens is 256 g/mol. The van der Waals surface area contributed by atoms with Gasteiger partial charge in [-0.1, -0.05) is 6.07 Å². The van der Waals surface area contributed by atoms with Crippen LogP contribution in [0.15, 0.2) is 35.4 Å². The topological polar surface area (TPSA) is 90.0 Å². The molecule has 2 aromatic rings. The van der Waals surface area contributed by atoms with Gasteiger partial charge in [-0.2, -0.15) is 0 Å². The highest BCUT2D eigenvalue weighted by Crippen LogP contribution is 2.19. The summed E-state index contributed by atoms with van der Waals surface area (Å²) in [6.45, 7) is 3.62. The van der Waals surface area contributed by atoms with E-state index in [0.29, 0.717) is 11.4 Å². The summed E-state index contributed by atoms with van der Waals surface area (Å²) in [6.07, 6.45) is 3.06. The van der Waals surface area contributed by atoms with E-state index in [1.165, 1.54) is 10.8 Å². The molecule has 6 nitrogen and oxygen atoms in total. The Morgan fingerprint density at radius 2 is 2.10 bits per heavy atom. The summed E-state index contributed by atoms with van der Waals surface area (Å²) in [5.41, 5.74) is 8.22. The molecule has 1 heterocycles. The van der Waals surface area contributed by atoms with Gasteiger partial charge in [0.15, 0.2) is 0 Å². The van der Waals surface area contributed by atoms with Crippen LogP contribution in [0.3, 0.4) is 0 Å². The van der Waals surface area contributed by atoms with Crippen molar-refractivity contribution in [3.63, 3.8) is 0 Å². The smallest absolute Gasteiger partial charge is 0.347 e. The first-order valence-electron chi connectivity index (χ1n) is 6.15. The molecule has 0 fully saturated rings. The molecule has 0 saturated carbocycles. The fourth-order valence-electron chi connectivity index (χ4n) is 1.82. The third-order valence-electron chi connectivity index (χ3n) is 2.78. The minimum Gasteiger partial charge on any atom is -0.397 e. The van der Waals surface area contributed by atoms with Gasteiger partial charge in [0, 0.05) is 12.4 Å². The van der Waals surface area contributed by atoms with Gasteiger partial charge in [0.05, 0.1) is 11.4 Å². The standard InChI is InChI=1S/C14H16N4O2/c1-9-3-4-12(11(15)5-9)17-13(19)8-18-7-10(2)6-16-14(18)20/h3-7H,8,15H2,1-2H3,(H,17,19). The first kappa shape index (κ1) is 13.8. The maximum atomic E-state index is 11.9. The van der Waals surface area contributed by atoms with E-state index in [4.69, 9.17) is 5.73 Å². The largest absolute Gasteiger partial charge is 0.397 e. The second-order valence-corrected chi connectivity index (χ2v) is 4.68. The number of hydrogen-bond donors (Lipinski definition) is 2. The van der Waals surface area contributed by atoms with Crippen molar-refractivity contribution in [2.75, 3.05) is 11.1 Å². The van der Waals surface area contributed by atoms with Gasteiger partial charge in [0.2, 0.25) is 5.91 Å². The molecule has 3 N–H and O–H groups in total. The molecule has 1 aromatic carbocycles. The number of carbonyl (C=O) groups is 1. The lowest BCUT2D eigenvalue weighted by Gasteiger charge is -2.10. The molecule has 0 saturated heterocycles. The van der Waals surface area contributed by atoms with Crippen LogP contribution in [-0.2, 0) is 11.3 Å². The second-order valence-electron chi connectivity index (χ2n) is 4.68. The fourth-order valence-corrected chi connectivity index (χ4v) is 1.82. The Balaban J connectivity index is 2.13. The van der Waals surface area contributed by atoms with E-state index >= 15 is 0 Å². The Kier molecular flexibility index (Phi) is 3.84. The zero-order valence-electron chi connectivity index (χ0n) is 11.4. The predicted molar refractivity (Wildman–Crippen MR) is 77.5 cm³/mol. The number of amides is 1. The first-order chi connectivity index (χ1) is 9.45. The molecule has 1 amide bonds. The molecule has 0 spiro atoms. The molecule has 104 valence electrons. The molecule has 1 aromatic heterocycles. The van der Waals surface area contributed by atoms with E-state index in [1.807, 2.05) is 13.0 Å². The molecule has 0 aliphatic carbocycles. The number of rotatable bonds is 3. The monoisotopic (exact) mass is 272 g/mol. The second kappa shape index (κ2) is 5.56. The van der Waals surface area contributed by atoms with Crippen LogP contribution in [0.2, 0.25) is 0 Å². The summed E-state index contributed by atoms with van der Waals surface area (Å²) < 4.78 is 1.26. The normalized spacial score (nSPS) is 10.3. The fraction of sp³-hybridized carbons (Fsp3) is 0.214. The van der Waals surface area contributed by atoms with Gasteiger partial charge in [-0.3, -0.25) is 9.36 Å². The van der Waals surface area contributed by atoms with Crippen LogP contribution in [0.1, 0.15) is 11.1 Å². The van der Waals surface area contributed by atoms with Crippen molar-refractivity contribution >= 4 is 17.3 Å². The maximum absolute atomic E-state index is 11.9. The van der Waals surface area contributed by atoms with Gasteiger partial charge < -0.3 is 11.1 Å². The number of nitrogens with two attached hydrogens (primary N) is 1. The molecular formula is C14H16N4O2. The van der Waals surface area contributed by atoms with Crippen molar-refractivity contribution in [3.8, 4) is 0 Å². The van der Waals surface area contributed by atoms with Gasteiger partial charge >= 0.3 is 5.69 Å². The summed E-state index contributed by atoms with van der Waals surface area (Å²) in [5.74, 6) is -0.324. The minimum atomic E-state index is -0.456. The van der Waals surface area contributed by atoms with E-state index in [9.17, 15) is 9.59 Å². The number of anilines is 2. The number of nitrogens with zero attached hydrogens (tertiary/aromatic N) is 2. The van der Waals surface area contributed by atoms with E-state index in [1.54, 1.807) is 25.3 Å². The van der Waals surface area contributed by atoms with Crippen molar-refractivity contribution < 1.29 is 4.79 Å². The number of carbonyl (C=O) groups excluding carboxylic acids is 1. The minimum absolute atomic E-state index is 0.0964. The molecule has 0 atom stereocenters. The highest BCUT2D eigenvalue weighted by Gasteiger charge is 2.08. The molecule has 0 radical (unpaired) electrons.